The third-order valence-corrected chi connectivity index (χ3v) is 3.20. The first-order chi connectivity index (χ1) is 9.58. The second-order valence-electron chi connectivity index (χ2n) is 4.65. The molecule has 5 nitrogen and oxygen atoms in total. The predicted octanol–water partition coefficient (Wildman–Crippen LogP) is 0.708. The van der Waals surface area contributed by atoms with Gasteiger partial charge in [-0.2, -0.15) is 0 Å². The summed E-state index contributed by atoms with van der Waals surface area (Å²) in [5.41, 5.74) is 1.83. The Bertz CT molecular complexity index is 576. The van der Waals surface area contributed by atoms with E-state index in [1.54, 1.807) is 6.92 Å². The molecule has 0 bridgehead atoms. The Morgan fingerprint density at radius 3 is 2.45 bits per heavy atom. The molecular weight excluding hydrogens is 256 g/mol. The van der Waals surface area contributed by atoms with Crippen molar-refractivity contribution in [2.24, 2.45) is 0 Å². The van der Waals surface area contributed by atoms with Gasteiger partial charge >= 0.3 is 0 Å². The number of amides is 3. The minimum Gasteiger partial charge on any atom is -0.355 e. The SMILES string of the molecule is CC1=C(CCNC(=O)Cc2ccccc2)C(=O)NC1=O. The fourth-order valence-corrected chi connectivity index (χ4v) is 2.05. The maximum atomic E-state index is 11.7. The standard InChI is InChI=1S/C15H16N2O3/c1-10-12(15(20)17-14(10)19)7-8-16-13(18)9-11-5-3-2-4-6-11/h2-6H,7-9H2,1H3,(H,16,18)(H,17,19,20). The summed E-state index contributed by atoms with van der Waals surface area (Å²) in [5.74, 6) is -0.801. The van der Waals surface area contributed by atoms with Gasteiger partial charge in [0, 0.05) is 17.7 Å². The van der Waals surface area contributed by atoms with Gasteiger partial charge in [-0.3, -0.25) is 19.7 Å². The first kappa shape index (κ1) is 14.0. The van der Waals surface area contributed by atoms with Gasteiger partial charge in [0.1, 0.15) is 0 Å². The Morgan fingerprint density at radius 1 is 1.15 bits per heavy atom. The fraction of sp³-hybridized carbons (Fsp3) is 0.267. The van der Waals surface area contributed by atoms with Crippen LogP contribution in [0.5, 0.6) is 0 Å². The van der Waals surface area contributed by atoms with E-state index in [0.29, 0.717) is 30.5 Å². The highest BCUT2D eigenvalue weighted by Gasteiger charge is 2.26. The molecule has 104 valence electrons. The van der Waals surface area contributed by atoms with Crippen LogP contribution in [0, 0.1) is 0 Å². The first-order valence-electron chi connectivity index (χ1n) is 6.44. The van der Waals surface area contributed by atoms with Gasteiger partial charge in [0.25, 0.3) is 11.8 Å². The van der Waals surface area contributed by atoms with E-state index in [9.17, 15) is 14.4 Å². The molecule has 20 heavy (non-hydrogen) atoms. The summed E-state index contributed by atoms with van der Waals surface area (Å²) >= 11 is 0. The van der Waals surface area contributed by atoms with Crippen LogP contribution in [0.1, 0.15) is 18.9 Å². The average Bonchev–Trinajstić information content (AvgIpc) is 2.66. The lowest BCUT2D eigenvalue weighted by Crippen LogP contribution is -2.28. The molecule has 0 spiro atoms. The number of nitrogens with one attached hydrogen (secondary N) is 2. The lowest BCUT2D eigenvalue weighted by molar-refractivity contribution is -0.124. The second-order valence-corrected chi connectivity index (χ2v) is 4.65. The molecule has 2 rings (SSSR count). The van der Waals surface area contributed by atoms with E-state index in [-0.39, 0.29) is 17.7 Å². The minimum absolute atomic E-state index is 0.0980. The van der Waals surface area contributed by atoms with Gasteiger partial charge in [0.15, 0.2) is 0 Å². The van der Waals surface area contributed by atoms with Crippen molar-refractivity contribution in [3.05, 3.63) is 47.0 Å². The number of hydrogen-bond donors (Lipinski definition) is 2. The van der Waals surface area contributed by atoms with E-state index in [0.717, 1.165) is 5.56 Å². The van der Waals surface area contributed by atoms with E-state index >= 15 is 0 Å². The molecule has 1 aliphatic heterocycles. The third-order valence-electron chi connectivity index (χ3n) is 3.20. The second kappa shape index (κ2) is 6.14. The fourth-order valence-electron chi connectivity index (χ4n) is 2.05. The third kappa shape index (κ3) is 3.32. The van der Waals surface area contributed by atoms with E-state index in [1.165, 1.54) is 0 Å². The lowest BCUT2D eigenvalue weighted by Gasteiger charge is -2.05. The number of carbonyl (C=O) groups excluding carboxylic acids is 3. The molecule has 0 fully saturated rings. The van der Waals surface area contributed by atoms with Gasteiger partial charge in [0.05, 0.1) is 6.42 Å². The van der Waals surface area contributed by atoms with Gasteiger partial charge in [0.2, 0.25) is 5.91 Å². The number of hydrogen-bond acceptors (Lipinski definition) is 3. The van der Waals surface area contributed by atoms with Crippen LogP contribution in [0.4, 0.5) is 0 Å². The van der Waals surface area contributed by atoms with Gasteiger partial charge in [-0.15, -0.1) is 0 Å². The molecule has 0 radical (unpaired) electrons. The van der Waals surface area contributed by atoms with Crippen LogP contribution in [-0.4, -0.2) is 24.3 Å². The average molecular weight is 272 g/mol. The molecule has 1 aromatic carbocycles. The van der Waals surface area contributed by atoms with Crippen LogP contribution in [0.3, 0.4) is 0 Å². The zero-order valence-electron chi connectivity index (χ0n) is 11.2. The Morgan fingerprint density at radius 2 is 1.85 bits per heavy atom. The molecule has 2 N–H and O–H groups in total. The van der Waals surface area contributed by atoms with Crippen molar-refractivity contribution in [1.29, 1.82) is 0 Å². The zero-order chi connectivity index (χ0) is 14.5. The number of rotatable bonds is 5. The summed E-state index contributed by atoms with van der Waals surface area (Å²) in [7, 11) is 0. The van der Waals surface area contributed by atoms with Crippen molar-refractivity contribution < 1.29 is 14.4 Å². The van der Waals surface area contributed by atoms with Gasteiger partial charge in [-0.25, -0.2) is 0 Å². The smallest absolute Gasteiger partial charge is 0.254 e. The number of imide groups is 1. The maximum absolute atomic E-state index is 11.7. The normalized spacial score (nSPS) is 14.4. The molecular formula is C15H16N2O3. The topological polar surface area (TPSA) is 75.3 Å². The van der Waals surface area contributed by atoms with Crippen molar-refractivity contribution in [2.45, 2.75) is 19.8 Å². The molecule has 5 heteroatoms. The summed E-state index contributed by atoms with van der Waals surface area (Å²) in [5, 5.41) is 4.98. The summed E-state index contributed by atoms with van der Waals surface area (Å²) in [4.78, 5) is 34.4. The first-order valence-corrected chi connectivity index (χ1v) is 6.44. The van der Waals surface area contributed by atoms with Crippen LogP contribution in [0.15, 0.2) is 41.5 Å². The van der Waals surface area contributed by atoms with Crippen molar-refractivity contribution in [3.8, 4) is 0 Å². The molecule has 3 amide bonds. The van der Waals surface area contributed by atoms with Gasteiger partial charge < -0.3 is 5.32 Å². The molecule has 1 aliphatic rings. The van der Waals surface area contributed by atoms with Gasteiger partial charge in [-0.05, 0) is 18.9 Å². The number of benzene rings is 1. The minimum atomic E-state index is -0.357. The molecule has 0 saturated carbocycles. The Balaban J connectivity index is 1.80. The van der Waals surface area contributed by atoms with Crippen molar-refractivity contribution in [2.75, 3.05) is 6.54 Å². The van der Waals surface area contributed by atoms with Crippen molar-refractivity contribution in [1.82, 2.24) is 10.6 Å². The molecule has 1 heterocycles. The molecule has 0 atom stereocenters. The maximum Gasteiger partial charge on any atom is 0.254 e. The lowest BCUT2D eigenvalue weighted by atomic mass is 10.1. The number of carbonyl (C=O) groups is 3. The zero-order valence-corrected chi connectivity index (χ0v) is 11.2. The summed E-state index contributed by atoms with van der Waals surface area (Å²) in [6, 6.07) is 9.42. The van der Waals surface area contributed by atoms with Crippen LogP contribution >= 0.6 is 0 Å². The van der Waals surface area contributed by atoms with E-state index in [2.05, 4.69) is 10.6 Å². The van der Waals surface area contributed by atoms with Crippen molar-refractivity contribution >= 4 is 17.7 Å². The molecule has 0 aromatic heterocycles. The van der Waals surface area contributed by atoms with E-state index in [4.69, 9.17) is 0 Å². The summed E-state index contributed by atoms with van der Waals surface area (Å²) in [6.45, 7) is 1.96. The molecule has 0 unspecified atom stereocenters. The Labute approximate surface area is 117 Å². The Hall–Kier alpha value is -2.43. The Kier molecular flexibility index (Phi) is 4.30. The molecule has 1 aromatic rings. The molecule has 0 saturated heterocycles. The van der Waals surface area contributed by atoms with Crippen LogP contribution in [-0.2, 0) is 20.8 Å². The van der Waals surface area contributed by atoms with Crippen molar-refractivity contribution in [3.63, 3.8) is 0 Å². The monoisotopic (exact) mass is 272 g/mol. The highest BCUT2D eigenvalue weighted by Crippen LogP contribution is 2.14. The van der Waals surface area contributed by atoms with Crippen LogP contribution in [0.25, 0.3) is 0 Å². The predicted molar refractivity (Wildman–Crippen MR) is 73.6 cm³/mol. The summed E-state index contributed by atoms with van der Waals surface area (Å²) in [6.07, 6.45) is 0.675. The quantitative estimate of drug-likeness (QED) is 0.775. The molecule has 0 aliphatic carbocycles. The largest absolute Gasteiger partial charge is 0.355 e. The van der Waals surface area contributed by atoms with Gasteiger partial charge in [-0.1, -0.05) is 30.3 Å². The summed E-state index contributed by atoms with van der Waals surface area (Å²) < 4.78 is 0. The van der Waals surface area contributed by atoms with Crippen LogP contribution < -0.4 is 10.6 Å². The van der Waals surface area contributed by atoms with E-state index < -0.39 is 0 Å². The highest BCUT2D eigenvalue weighted by molar-refractivity contribution is 6.19. The highest BCUT2D eigenvalue weighted by atomic mass is 16.2. The van der Waals surface area contributed by atoms with Crippen LogP contribution in [0.2, 0.25) is 0 Å². The van der Waals surface area contributed by atoms with E-state index in [1.807, 2.05) is 30.3 Å².